The summed E-state index contributed by atoms with van der Waals surface area (Å²) in [5, 5.41) is 3.73. The Labute approximate surface area is 110 Å². The molecule has 0 aromatic carbocycles. The van der Waals surface area contributed by atoms with Crippen molar-refractivity contribution in [2.75, 3.05) is 12.8 Å². The van der Waals surface area contributed by atoms with E-state index in [-0.39, 0.29) is 17.4 Å². The number of anilines is 1. The molecule has 0 atom stereocenters. The third-order valence-electron chi connectivity index (χ3n) is 2.63. The molecule has 0 aliphatic carbocycles. The molecule has 2 rings (SSSR count). The number of rotatable bonds is 4. The summed E-state index contributed by atoms with van der Waals surface area (Å²) in [6.07, 6.45) is 1.36. The summed E-state index contributed by atoms with van der Waals surface area (Å²) < 4.78 is 32.2. The first kappa shape index (κ1) is 13.6. The summed E-state index contributed by atoms with van der Waals surface area (Å²) in [5.41, 5.74) is 6.12. The summed E-state index contributed by atoms with van der Waals surface area (Å²) >= 11 is 0. The van der Waals surface area contributed by atoms with Gasteiger partial charge in [0.05, 0.1) is 18.6 Å². The van der Waals surface area contributed by atoms with Gasteiger partial charge in [-0.1, -0.05) is 5.16 Å². The Kier molecular flexibility index (Phi) is 3.33. The molecule has 0 saturated carbocycles. The molecule has 9 heteroatoms. The molecule has 0 aliphatic heterocycles. The van der Waals surface area contributed by atoms with Crippen LogP contribution in [-0.2, 0) is 23.6 Å². The van der Waals surface area contributed by atoms with Crippen LogP contribution in [-0.4, -0.2) is 34.5 Å². The molecule has 0 unspecified atom stereocenters. The zero-order valence-electron chi connectivity index (χ0n) is 10.9. The molecule has 0 bridgehead atoms. The summed E-state index contributed by atoms with van der Waals surface area (Å²) in [6.45, 7) is 1.84. The second-order valence-electron chi connectivity index (χ2n) is 4.24. The number of nitrogen functional groups attached to an aromatic ring is 1. The highest BCUT2D eigenvalue weighted by Crippen LogP contribution is 2.20. The van der Waals surface area contributed by atoms with Crippen LogP contribution >= 0.6 is 0 Å². The number of hydrogen-bond acceptors (Lipinski definition) is 6. The first-order chi connectivity index (χ1) is 8.82. The van der Waals surface area contributed by atoms with Gasteiger partial charge in [0, 0.05) is 20.2 Å². The fourth-order valence-corrected chi connectivity index (χ4v) is 3.03. The predicted molar refractivity (Wildman–Crippen MR) is 67.5 cm³/mol. The van der Waals surface area contributed by atoms with Gasteiger partial charge in [0.1, 0.15) is 5.76 Å². The molecule has 0 saturated heterocycles. The molecular formula is C10H15N5O3S. The van der Waals surface area contributed by atoms with Crippen molar-refractivity contribution in [3.8, 4) is 0 Å². The van der Waals surface area contributed by atoms with E-state index in [0.29, 0.717) is 11.5 Å². The lowest BCUT2D eigenvalue weighted by atomic mass is 10.4. The van der Waals surface area contributed by atoms with Crippen LogP contribution in [0.15, 0.2) is 21.9 Å². The van der Waals surface area contributed by atoms with Gasteiger partial charge >= 0.3 is 0 Å². The monoisotopic (exact) mass is 285 g/mol. The molecule has 0 aliphatic rings. The summed E-state index contributed by atoms with van der Waals surface area (Å²) in [6, 6.07) is 1.68. The van der Waals surface area contributed by atoms with Gasteiger partial charge in [-0.15, -0.1) is 0 Å². The maximum Gasteiger partial charge on any atom is 0.262 e. The van der Waals surface area contributed by atoms with Crippen molar-refractivity contribution in [1.29, 1.82) is 0 Å². The van der Waals surface area contributed by atoms with Crippen molar-refractivity contribution in [2.24, 2.45) is 7.05 Å². The minimum absolute atomic E-state index is 0.0225. The number of imidazole rings is 1. The highest BCUT2D eigenvalue weighted by atomic mass is 32.2. The first-order valence-electron chi connectivity index (χ1n) is 5.47. The largest absolute Gasteiger partial charge is 0.381 e. The molecule has 2 aromatic heterocycles. The van der Waals surface area contributed by atoms with E-state index in [9.17, 15) is 8.42 Å². The Morgan fingerprint density at radius 3 is 2.68 bits per heavy atom. The third kappa shape index (κ3) is 2.47. The number of sulfonamides is 1. The van der Waals surface area contributed by atoms with Gasteiger partial charge in [-0.25, -0.2) is 13.4 Å². The molecule has 2 aromatic rings. The van der Waals surface area contributed by atoms with E-state index < -0.39 is 10.0 Å². The lowest BCUT2D eigenvalue weighted by molar-refractivity contribution is 0.377. The number of hydrogen-bond donors (Lipinski definition) is 1. The van der Waals surface area contributed by atoms with E-state index >= 15 is 0 Å². The fourth-order valence-electron chi connectivity index (χ4n) is 1.70. The molecule has 0 fully saturated rings. The van der Waals surface area contributed by atoms with Crippen molar-refractivity contribution in [3.05, 3.63) is 23.8 Å². The average Bonchev–Trinajstić information content (AvgIpc) is 2.85. The van der Waals surface area contributed by atoms with E-state index in [4.69, 9.17) is 10.3 Å². The van der Waals surface area contributed by atoms with E-state index in [1.165, 1.54) is 17.9 Å². The van der Waals surface area contributed by atoms with Crippen LogP contribution in [0.5, 0.6) is 0 Å². The van der Waals surface area contributed by atoms with Crippen molar-refractivity contribution >= 4 is 15.8 Å². The lowest BCUT2D eigenvalue weighted by Gasteiger charge is -2.16. The summed E-state index contributed by atoms with van der Waals surface area (Å²) in [4.78, 5) is 3.78. The van der Waals surface area contributed by atoms with Crippen LogP contribution in [0.2, 0.25) is 0 Å². The van der Waals surface area contributed by atoms with E-state index in [2.05, 4.69) is 10.1 Å². The second-order valence-corrected chi connectivity index (χ2v) is 6.20. The molecule has 0 spiro atoms. The van der Waals surface area contributed by atoms with Crippen LogP contribution in [0.4, 0.5) is 5.82 Å². The smallest absolute Gasteiger partial charge is 0.262 e. The average molecular weight is 285 g/mol. The van der Waals surface area contributed by atoms with Crippen molar-refractivity contribution in [1.82, 2.24) is 19.0 Å². The zero-order valence-corrected chi connectivity index (χ0v) is 11.7. The normalized spacial score (nSPS) is 12.2. The van der Waals surface area contributed by atoms with Gasteiger partial charge in [0.25, 0.3) is 10.0 Å². The SMILES string of the molecule is Cc1cc(CN(C)S(=O)(=O)c2c(N)ncn2C)no1. The maximum atomic E-state index is 12.4. The number of aromatic nitrogens is 3. The quantitative estimate of drug-likeness (QED) is 0.855. The number of nitrogens with two attached hydrogens (primary N) is 1. The third-order valence-corrected chi connectivity index (χ3v) is 4.56. The Bertz CT molecular complexity index is 668. The Balaban J connectivity index is 2.30. The molecule has 19 heavy (non-hydrogen) atoms. The van der Waals surface area contributed by atoms with Crippen LogP contribution in [0.1, 0.15) is 11.5 Å². The van der Waals surface area contributed by atoms with Gasteiger partial charge in [0.15, 0.2) is 10.8 Å². The number of nitrogens with zero attached hydrogens (tertiary/aromatic N) is 4. The summed E-state index contributed by atoms with van der Waals surface area (Å²) in [7, 11) is -0.695. The minimum atomic E-state index is -3.72. The molecule has 8 nitrogen and oxygen atoms in total. The highest BCUT2D eigenvalue weighted by Gasteiger charge is 2.27. The van der Waals surface area contributed by atoms with Crippen LogP contribution < -0.4 is 5.73 Å². The highest BCUT2D eigenvalue weighted by molar-refractivity contribution is 7.89. The summed E-state index contributed by atoms with van der Waals surface area (Å²) in [5.74, 6) is 0.603. The lowest BCUT2D eigenvalue weighted by Crippen LogP contribution is -2.28. The van der Waals surface area contributed by atoms with Crippen LogP contribution in [0.3, 0.4) is 0 Å². The van der Waals surface area contributed by atoms with Crippen molar-refractivity contribution < 1.29 is 12.9 Å². The second kappa shape index (κ2) is 4.67. The van der Waals surface area contributed by atoms with E-state index in [0.717, 1.165) is 4.31 Å². The van der Waals surface area contributed by atoms with Gasteiger partial charge in [-0.3, -0.25) is 0 Å². The predicted octanol–water partition coefficient (Wildman–Crippen LogP) is 0.119. The van der Waals surface area contributed by atoms with Crippen LogP contribution in [0, 0.1) is 6.92 Å². The van der Waals surface area contributed by atoms with Crippen molar-refractivity contribution in [3.63, 3.8) is 0 Å². The molecular weight excluding hydrogens is 270 g/mol. The molecule has 0 radical (unpaired) electrons. The van der Waals surface area contributed by atoms with E-state index in [1.807, 2.05) is 0 Å². The maximum absolute atomic E-state index is 12.4. The van der Waals surface area contributed by atoms with Gasteiger partial charge in [-0.05, 0) is 6.92 Å². The molecule has 0 amide bonds. The van der Waals surface area contributed by atoms with Gasteiger partial charge in [-0.2, -0.15) is 4.31 Å². The van der Waals surface area contributed by atoms with Gasteiger partial charge in [0.2, 0.25) is 0 Å². The Hall–Kier alpha value is -1.87. The Morgan fingerprint density at radius 2 is 2.21 bits per heavy atom. The Morgan fingerprint density at radius 1 is 1.53 bits per heavy atom. The minimum Gasteiger partial charge on any atom is -0.381 e. The molecule has 104 valence electrons. The van der Waals surface area contributed by atoms with Gasteiger partial charge < -0.3 is 14.8 Å². The number of aryl methyl sites for hydroxylation is 2. The van der Waals surface area contributed by atoms with E-state index in [1.54, 1.807) is 20.0 Å². The fraction of sp³-hybridized carbons (Fsp3) is 0.400. The topological polar surface area (TPSA) is 107 Å². The molecule has 2 N–H and O–H groups in total. The zero-order chi connectivity index (χ0) is 14.2. The van der Waals surface area contributed by atoms with Crippen LogP contribution in [0.25, 0.3) is 0 Å². The standard InChI is InChI=1S/C10H15N5O3S/c1-7-4-8(13-18-7)5-15(3)19(16,17)10-9(11)12-6-14(10)2/h4,6H,5,11H2,1-3H3. The first-order valence-corrected chi connectivity index (χ1v) is 6.91. The molecule has 2 heterocycles. The van der Waals surface area contributed by atoms with Crippen molar-refractivity contribution in [2.45, 2.75) is 18.5 Å².